The van der Waals surface area contributed by atoms with Gasteiger partial charge in [0.15, 0.2) is 5.84 Å². The molecular weight excluding hydrogens is 606 g/mol. The highest BCUT2D eigenvalue weighted by Crippen LogP contribution is 2.39. The van der Waals surface area contributed by atoms with Crippen LogP contribution in [0.15, 0.2) is 59.7 Å². The van der Waals surface area contributed by atoms with Gasteiger partial charge in [-0.25, -0.2) is 9.98 Å². The number of fused-ring (bicyclic) bond motifs is 1. The summed E-state index contributed by atoms with van der Waals surface area (Å²) in [6, 6.07) is 11.0. The van der Waals surface area contributed by atoms with Crippen molar-refractivity contribution in [3.8, 4) is 22.9 Å². The normalized spacial score (nSPS) is 17.2. The molecule has 10 nitrogen and oxygen atoms in total. The molecule has 0 radical (unpaired) electrons. The van der Waals surface area contributed by atoms with Crippen LogP contribution in [0.4, 0.5) is 17.6 Å². The van der Waals surface area contributed by atoms with E-state index in [1.54, 1.807) is 24.3 Å². The average molecular weight is 632 g/mol. The summed E-state index contributed by atoms with van der Waals surface area (Å²) < 4.78 is 63.8. The van der Waals surface area contributed by atoms with Gasteiger partial charge in [0.2, 0.25) is 0 Å². The van der Waals surface area contributed by atoms with E-state index in [0.717, 1.165) is 6.34 Å². The van der Waals surface area contributed by atoms with Crippen LogP contribution in [0.25, 0.3) is 22.4 Å². The van der Waals surface area contributed by atoms with Crippen LogP contribution >= 0.6 is 11.6 Å². The van der Waals surface area contributed by atoms with E-state index < -0.39 is 25.2 Å². The standard InChI is InChI=1S/C29H26ClF4N7O3/c30-15-8-9-24(44-29(33)34)19(10-15)27(42)39-16-4-3-5-17(11-16)41-22-12-20(25(36)38-14-35)37-13-21(22)40-26(41)18-6-1-2-7-23(18)43-28(31)32/h1-2,6-10,12-14,16-17,28-29H,3-5,11H2,(H,39,42)(H3,35,36,38)/t16-,17+/m0/s1. The van der Waals surface area contributed by atoms with Crippen LogP contribution in [0.5, 0.6) is 11.5 Å². The second-order valence-electron chi connectivity index (χ2n) is 9.89. The molecule has 0 saturated heterocycles. The molecule has 2 aromatic carbocycles. The summed E-state index contributed by atoms with van der Waals surface area (Å²) in [6.45, 7) is -6.21. The van der Waals surface area contributed by atoms with Gasteiger partial charge in [-0.2, -0.15) is 17.6 Å². The zero-order valence-corrected chi connectivity index (χ0v) is 23.6. The Kier molecular flexibility index (Phi) is 9.28. The van der Waals surface area contributed by atoms with Crippen LogP contribution in [-0.2, 0) is 0 Å². The summed E-state index contributed by atoms with van der Waals surface area (Å²) in [5.74, 6) is -0.698. The summed E-state index contributed by atoms with van der Waals surface area (Å²) in [5, 5.41) is 10.3. The maximum absolute atomic E-state index is 13.3. The number of nitrogens with zero attached hydrogens (tertiary/aromatic N) is 4. The molecule has 1 amide bonds. The number of halogens is 5. The smallest absolute Gasteiger partial charge is 0.387 e. The number of pyridine rings is 1. The van der Waals surface area contributed by atoms with Crippen molar-refractivity contribution < 1.29 is 31.8 Å². The van der Waals surface area contributed by atoms with Crippen LogP contribution in [0.1, 0.15) is 47.8 Å². The van der Waals surface area contributed by atoms with Gasteiger partial charge >= 0.3 is 13.2 Å². The van der Waals surface area contributed by atoms with Gasteiger partial charge in [0.1, 0.15) is 34.9 Å². The molecule has 1 saturated carbocycles. The topological polar surface area (TPSA) is 140 Å². The van der Waals surface area contributed by atoms with Crippen molar-refractivity contribution in [3.63, 3.8) is 0 Å². The van der Waals surface area contributed by atoms with Crippen molar-refractivity contribution >= 4 is 40.7 Å². The molecule has 15 heteroatoms. The fourth-order valence-electron chi connectivity index (χ4n) is 5.36. The molecule has 4 N–H and O–H groups in total. The lowest BCUT2D eigenvalue weighted by atomic mass is 9.90. The number of aromatic nitrogens is 3. The monoisotopic (exact) mass is 631 g/mol. The molecule has 4 aromatic rings. The number of benzene rings is 2. The maximum Gasteiger partial charge on any atom is 0.387 e. The van der Waals surface area contributed by atoms with Crippen LogP contribution in [0, 0.1) is 5.41 Å². The highest BCUT2D eigenvalue weighted by atomic mass is 35.5. The number of nitrogens with one attached hydrogen (secondary N) is 2. The molecule has 0 bridgehead atoms. The number of amides is 1. The Morgan fingerprint density at radius 3 is 2.61 bits per heavy atom. The molecule has 1 fully saturated rings. The van der Waals surface area contributed by atoms with E-state index in [1.165, 1.54) is 30.5 Å². The maximum atomic E-state index is 13.3. The number of ether oxygens (including phenoxy) is 2. The van der Waals surface area contributed by atoms with Gasteiger partial charge in [-0.15, -0.1) is 0 Å². The van der Waals surface area contributed by atoms with E-state index in [1.807, 2.05) is 4.57 Å². The van der Waals surface area contributed by atoms with Crippen molar-refractivity contribution in [2.45, 2.75) is 51.0 Å². The third-order valence-corrected chi connectivity index (χ3v) is 7.37. The lowest BCUT2D eigenvalue weighted by molar-refractivity contribution is -0.0506. The number of rotatable bonds is 10. The highest BCUT2D eigenvalue weighted by Gasteiger charge is 2.30. The fraction of sp³-hybridized carbons (Fsp3) is 0.276. The van der Waals surface area contributed by atoms with Crippen molar-refractivity contribution in [3.05, 3.63) is 71.0 Å². The lowest BCUT2D eigenvalue weighted by Crippen LogP contribution is -2.39. The number of nitrogens with two attached hydrogens (primary N) is 1. The third-order valence-electron chi connectivity index (χ3n) is 7.14. The molecular formula is C29H26ClF4N7O3. The van der Waals surface area contributed by atoms with Crippen LogP contribution in [-0.4, -0.2) is 51.9 Å². The number of imidazole rings is 1. The molecule has 1 aliphatic rings. The van der Waals surface area contributed by atoms with Gasteiger partial charge in [0.05, 0.1) is 22.8 Å². The number of amidine groups is 1. The molecule has 44 heavy (non-hydrogen) atoms. The van der Waals surface area contributed by atoms with Crippen molar-refractivity contribution in [2.24, 2.45) is 10.7 Å². The number of alkyl halides is 4. The minimum absolute atomic E-state index is 0.00485. The number of carbonyl (C=O) groups excluding carboxylic acids is 1. The van der Waals surface area contributed by atoms with Crippen molar-refractivity contribution in [2.75, 3.05) is 0 Å². The minimum Gasteiger partial charge on any atom is -0.434 e. The number of carbonyl (C=O) groups is 1. The van der Waals surface area contributed by atoms with Crippen LogP contribution < -0.4 is 20.5 Å². The first-order valence-electron chi connectivity index (χ1n) is 13.4. The Balaban J connectivity index is 1.54. The van der Waals surface area contributed by atoms with Gasteiger partial charge in [-0.3, -0.25) is 15.2 Å². The van der Waals surface area contributed by atoms with E-state index in [2.05, 4.69) is 20.0 Å². The van der Waals surface area contributed by atoms with Crippen molar-refractivity contribution in [1.29, 1.82) is 5.41 Å². The first-order chi connectivity index (χ1) is 21.1. The number of aliphatic imine (C=N–C) groups is 1. The summed E-state index contributed by atoms with van der Waals surface area (Å²) >= 11 is 6.04. The SMILES string of the molecule is N=CN=C(N)c1cc2c(cn1)nc(-c1ccccc1OC(F)F)n2[C@@H]1CCC[C@H](NC(=O)c2cc(Cl)ccc2OC(F)F)C1. The second kappa shape index (κ2) is 13.3. The number of para-hydroxylation sites is 1. The molecule has 2 heterocycles. The zero-order chi connectivity index (χ0) is 31.4. The molecule has 0 unspecified atom stereocenters. The minimum atomic E-state index is -3.14. The molecule has 5 rings (SSSR count). The Hall–Kier alpha value is -4.72. The van der Waals surface area contributed by atoms with E-state index in [4.69, 9.17) is 32.5 Å². The predicted octanol–water partition coefficient (Wildman–Crippen LogP) is 6.18. The highest BCUT2D eigenvalue weighted by molar-refractivity contribution is 6.31. The lowest BCUT2D eigenvalue weighted by Gasteiger charge is -2.32. The van der Waals surface area contributed by atoms with Crippen molar-refractivity contribution in [1.82, 2.24) is 19.9 Å². The second-order valence-corrected chi connectivity index (χ2v) is 10.3. The number of hydrogen-bond donors (Lipinski definition) is 3. The van der Waals surface area contributed by atoms with Gasteiger partial charge < -0.3 is 25.1 Å². The average Bonchev–Trinajstić information content (AvgIpc) is 3.36. The Morgan fingerprint density at radius 1 is 1.11 bits per heavy atom. The molecule has 0 aliphatic heterocycles. The molecule has 2 aromatic heterocycles. The van der Waals surface area contributed by atoms with Gasteiger partial charge in [-0.1, -0.05) is 23.7 Å². The molecule has 0 spiro atoms. The zero-order valence-electron chi connectivity index (χ0n) is 22.9. The summed E-state index contributed by atoms with van der Waals surface area (Å²) in [6.07, 6.45) is 4.53. The van der Waals surface area contributed by atoms with Gasteiger partial charge in [0, 0.05) is 17.1 Å². The first-order valence-corrected chi connectivity index (χ1v) is 13.8. The van der Waals surface area contributed by atoms with Crippen LogP contribution in [0.3, 0.4) is 0 Å². The molecule has 2 atom stereocenters. The quantitative estimate of drug-likeness (QED) is 0.108. The largest absolute Gasteiger partial charge is 0.434 e. The Morgan fingerprint density at radius 2 is 1.86 bits per heavy atom. The van der Waals surface area contributed by atoms with E-state index in [-0.39, 0.29) is 39.7 Å². The summed E-state index contributed by atoms with van der Waals surface area (Å²) in [4.78, 5) is 26.0. The molecule has 230 valence electrons. The van der Waals surface area contributed by atoms with E-state index in [9.17, 15) is 22.4 Å². The van der Waals surface area contributed by atoms with Crippen LogP contribution in [0.2, 0.25) is 5.02 Å². The van der Waals surface area contributed by atoms with E-state index in [0.29, 0.717) is 48.1 Å². The predicted molar refractivity (Wildman–Crippen MR) is 156 cm³/mol. The molecule has 1 aliphatic carbocycles. The van der Waals surface area contributed by atoms with Gasteiger partial charge in [-0.05, 0) is 62.1 Å². The first kappa shape index (κ1) is 30.7. The Bertz CT molecular complexity index is 1720. The summed E-state index contributed by atoms with van der Waals surface area (Å²) in [5.41, 5.74) is 7.46. The van der Waals surface area contributed by atoms with E-state index >= 15 is 0 Å². The number of hydrogen-bond acceptors (Lipinski definition) is 6. The summed E-state index contributed by atoms with van der Waals surface area (Å²) in [7, 11) is 0. The fourth-order valence-corrected chi connectivity index (χ4v) is 5.53. The van der Waals surface area contributed by atoms with Gasteiger partial charge in [0.25, 0.3) is 5.91 Å². The Labute approximate surface area is 253 Å². The third kappa shape index (κ3) is 6.75.